The SMILES string of the molecule is Cc1cc(C(=N)N)nc(N(C)c2ccc(F)cc2)n1. The van der Waals surface area contributed by atoms with Crippen molar-refractivity contribution >= 4 is 17.5 Å². The molecule has 0 aliphatic carbocycles. The maximum Gasteiger partial charge on any atom is 0.230 e. The van der Waals surface area contributed by atoms with Crippen molar-refractivity contribution in [3.63, 3.8) is 0 Å². The zero-order chi connectivity index (χ0) is 14.0. The van der Waals surface area contributed by atoms with E-state index in [4.69, 9.17) is 11.1 Å². The van der Waals surface area contributed by atoms with E-state index in [1.807, 2.05) is 0 Å². The van der Waals surface area contributed by atoms with E-state index in [-0.39, 0.29) is 11.7 Å². The Bertz CT molecular complexity index is 609. The predicted octanol–water partition coefficient (Wildman–Crippen LogP) is 1.98. The van der Waals surface area contributed by atoms with Crippen LogP contribution in [-0.2, 0) is 0 Å². The van der Waals surface area contributed by atoms with E-state index in [0.29, 0.717) is 17.3 Å². The number of halogens is 1. The van der Waals surface area contributed by atoms with E-state index in [1.165, 1.54) is 12.1 Å². The molecule has 0 fully saturated rings. The standard InChI is InChI=1S/C13H14FN5/c1-8-7-11(12(15)16)18-13(17-8)19(2)10-5-3-9(14)4-6-10/h3-7H,1-2H3,(H3,15,16). The van der Waals surface area contributed by atoms with E-state index in [1.54, 1.807) is 37.1 Å². The van der Waals surface area contributed by atoms with Crippen LogP contribution in [0, 0.1) is 18.2 Å². The first kappa shape index (κ1) is 12.9. The van der Waals surface area contributed by atoms with Crippen LogP contribution in [-0.4, -0.2) is 22.9 Å². The summed E-state index contributed by atoms with van der Waals surface area (Å²) in [7, 11) is 1.77. The van der Waals surface area contributed by atoms with Gasteiger partial charge in [0.2, 0.25) is 5.95 Å². The lowest BCUT2D eigenvalue weighted by molar-refractivity contribution is 0.628. The molecule has 0 bridgehead atoms. The van der Waals surface area contributed by atoms with Crippen LogP contribution >= 0.6 is 0 Å². The molecule has 2 aromatic rings. The molecule has 0 atom stereocenters. The number of nitrogens with zero attached hydrogens (tertiary/aromatic N) is 3. The van der Waals surface area contributed by atoms with E-state index >= 15 is 0 Å². The number of amidine groups is 1. The zero-order valence-electron chi connectivity index (χ0n) is 10.7. The first-order valence-corrected chi connectivity index (χ1v) is 5.67. The first-order valence-electron chi connectivity index (χ1n) is 5.67. The van der Waals surface area contributed by atoms with Crippen LogP contribution < -0.4 is 10.6 Å². The fraction of sp³-hybridized carbons (Fsp3) is 0.154. The van der Waals surface area contributed by atoms with Gasteiger partial charge in [-0.05, 0) is 37.3 Å². The molecule has 0 spiro atoms. The average Bonchev–Trinajstić information content (AvgIpc) is 2.38. The van der Waals surface area contributed by atoms with Crippen LogP contribution in [0.3, 0.4) is 0 Å². The molecule has 0 radical (unpaired) electrons. The van der Waals surface area contributed by atoms with Gasteiger partial charge in [0.1, 0.15) is 17.3 Å². The molecule has 6 heteroatoms. The summed E-state index contributed by atoms with van der Waals surface area (Å²) < 4.78 is 12.9. The molecule has 1 aromatic carbocycles. The van der Waals surface area contributed by atoms with E-state index in [2.05, 4.69) is 9.97 Å². The van der Waals surface area contributed by atoms with Crippen LogP contribution in [0.5, 0.6) is 0 Å². The van der Waals surface area contributed by atoms with Gasteiger partial charge in [0.15, 0.2) is 0 Å². The minimum atomic E-state index is -0.299. The highest BCUT2D eigenvalue weighted by Crippen LogP contribution is 2.20. The molecule has 5 nitrogen and oxygen atoms in total. The second-order valence-corrected chi connectivity index (χ2v) is 4.14. The largest absolute Gasteiger partial charge is 0.382 e. The van der Waals surface area contributed by atoms with Crippen molar-refractivity contribution in [2.45, 2.75) is 6.92 Å². The molecule has 0 saturated carbocycles. The first-order chi connectivity index (χ1) is 8.97. The third kappa shape index (κ3) is 2.85. The number of aromatic nitrogens is 2. The Morgan fingerprint density at radius 2 is 1.89 bits per heavy atom. The minimum Gasteiger partial charge on any atom is -0.382 e. The van der Waals surface area contributed by atoms with Gasteiger partial charge < -0.3 is 10.6 Å². The number of hydrogen-bond donors (Lipinski definition) is 2. The summed E-state index contributed by atoms with van der Waals surface area (Å²) in [6, 6.07) is 7.65. The van der Waals surface area contributed by atoms with Gasteiger partial charge in [0.05, 0.1) is 0 Å². The summed E-state index contributed by atoms with van der Waals surface area (Å²) in [5.41, 5.74) is 7.27. The van der Waals surface area contributed by atoms with Crippen LogP contribution in [0.25, 0.3) is 0 Å². The lowest BCUT2D eigenvalue weighted by atomic mass is 10.3. The lowest BCUT2D eigenvalue weighted by Crippen LogP contribution is -2.19. The topological polar surface area (TPSA) is 78.9 Å². The number of nitrogen functional groups attached to an aromatic ring is 1. The Morgan fingerprint density at radius 3 is 2.47 bits per heavy atom. The second-order valence-electron chi connectivity index (χ2n) is 4.14. The maximum absolute atomic E-state index is 12.9. The molecule has 0 amide bonds. The van der Waals surface area contributed by atoms with Gasteiger partial charge in [-0.1, -0.05) is 0 Å². The van der Waals surface area contributed by atoms with Crippen molar-refractivity contribution in [3.05, 3.63) is 47.5 Å². The van der Waals surface area contributed by atoms with E-state index in [0.717, 1.165) is 5.69 Å². The van der Waals surface area contributed by atoms with Crippen LogP contribution in [0.15, 0.2) is 30.3 Å². The monoisotopic (exact) mass is 259 g/mol. The van der Waals surface area contributed by atoms with Crippen molar-refractivity contribution in [1.29, 1.82) is 5.41 Å². The molecule has 0 saturated heterocycles. The maximum atomic E-state index is 12.9. The third-order valence-electron chi connectivity index (χ3n) is 2.63. The van der Waals surface area contributed by atoms with E-state index in [9.17, 15) is 4.39 Å². The minimum absolute atomic E-state index is 0.112. The number of rotatable bonds is 3. The molecule has 1 aromatic heterocycles. The molecule has 0 unspecified atom stereocenters. The predicted molar refractivity (Wildman–Crippen MR) is 72.2 cm³/mol. The molecule has 19 heavy (non-hydrogen) atoms. The zero-order valence-corrected chi connectivity index (χ0v) is 10.7. The van der Waals surface area contributed by atoms with Gasteiger partial charge in [0, 0.05) is 18.4 Å². The summed E-state index contributed by atoms with van der Waals surface area (Å²) in [5.74, 6) is 0.00259. The van der Waals surface area contributed by atoms with Crippen molar-refractivity contribution < 1.29 is 4.39 Å². The molecular formula is C13H14FN5. The number of hydrogen-bond acceptors (Lipinski definition) is 4. The highest BCUT2D eigenvalue weighted by atomic mass is 19.1. The molecule has 2 rings (SSSR count). The normalized spacial score (nSPS) is 10.3. The Hall–Kier alpha value is -2.50. The summed E-state index contributed by atoms with van der Waals surface area (Å²) in [6.07, 6.45) is 0. The highest BCUT2D eigenvalue weighted by Gasteiger charge is 2.10. The van der Waals surface area contributed by atoms with E-state index < -0.39 is 0 Å². The third-order valence-corrected chi connectivity index (χ3v) is 2.63. The quantitative estimate of drug-likeness (QED) is 0.652. The molecule has 0 aliphatic heterocycles. The second kappa shape index (κ2) is 5.01. The molecule has 1 heterocycles. The summed E-state index contributed by atoms with van der Waals surface area (Å²) in [4.78, 5) is 10.2. The number of benzene rings is 1. The van der Waals surface area contributed by atoms with Crippen LogP contribution in [0.1, 0.15) is 11.4 Å². The molecule has 3 N–H and O–H groups in total. The Labute approximate surface area is 110 Å². The van der Waals surface area contributed by atoms with Crippen LogP contribution in [0.4, 0.5) is 16.0 Å². The molecule has 0 aliphatic rings. The van der Waals surface area contributed by atoms with Crippen molar-refractivity contribution in [2.24, 2.45) is 5.73 Å². The molecule has 98 valence electrons. The fourth-order valence-electron chi connectivity index (χ4n) is 1.62. The number of nitrogens with one attached hydrogen (secondary N) is 1. The Morgan fingerprint density at radius 1 is 1.26 bits per heavy atom. The summed E-state index contributed by atoms with van der Waals surface area (Å²) in [5, 5.41) is 7.42. The smallest absolute Gasteiger partial charge is 0.230 e. The van der Waals surface area contributed by atoms with Crippen molar-refractivity contribution in [1.82, 2.24) is 9.97 Å². The van der Waals surface area contributed by atoms with Gasteiger partial charge in [-0.15, -0.1) is 0 Å². The number of anilines is 2. The van der Waals surface area contributed by atoms with Gasteiger partial charge in [-0.2, -0.15) is 0 Å². The average molecular weight is 259 g/mol. The van der Waals surface area contributed by atoms with Gasteiger partial charge in [-0.25, -0.2) is 14.4 Å². The van der Waals surface area contributed by atoms with Gasteiger partial charge in [0.25, 0.3) is 0 Å². The Kier molecular flexibility index (Phi) is 3.41. The summed E-state index contributed by atoms with van der Waals surface area (Å²) in [6.45, 7) is 1.80. The molecular weight excluding hydrogens is 245 g/mol. The Balaban J connectivity index is 2.40. The number of nitrogens with two attached hydrogens (primary N) is 1. The van der Waals surface area contributed by atoms with Gasteiger partial charge >= 0.3 is 0 Å². The lowest BCUT2D eigenvalue weighted by Gasteiger charge is -2.18. The van der Waals surface area contributed by atoms with Crippen LogP contribution in [0.2, 0.25) is 0 Å². The van der Waals surface area contributed by atoms with Gasteiger partial charge in [-0.3, -0.25) is 5.41 Å². The van der Waals surface area contributed by atoms with Crippen molar-refractivity contribution in [3.8, 4) is 0 Å². The van der Waals surface area contributed by atoms with Crippen molar-refractivity contribution in [2.75, 3.05) is 11.9 Å². The number of aryl methyl sites for hydroxylation is 1. The fourth-order valence-corrected chi connectivity index (χ4v) is 1.62. The highest BCUT2D eigenvalue weighted by molar-refractivity contribution is 5.93. The summed E-state index contributed by atoms with van der Waals surface area (Å²) >= 11 is 0.